The van der Waals surface area contributed by atoms with Gasteiger partial charge in [0.2, 0.25) is 0 Å². The Balaban J connectivity index is 1.54. The number of rotatable bonds is 6. The number of hydrogen-bond donors (Lipinski definition) is 2. The van der Waals surface area contributed by atoms with Crippen molar-refractivity contribution in [2.45, 2.75) is 33.0 Å². The Bertz CT molecular complexity index is 703. The second kappa shape index (κ2) is 8.47. The molecule has 2 N–H and O–H groups in total. The SMILES string of the molecule is CC1CN(Cc2ccccc2)CC(C)C1NCc1ccc(C(=O)O)cc1. The number of carbonyl (C=O) groups is 1. The lowest BCUT2D eigenvalue weighted by Crippen LogP contribution is -2.52. The number of likely N-dealkylation sites (tertiary alicyclic amines) is 1. The predicted octanol–water partition coefficient (Wildman–Crippen LogP) is 3.63. The van der Waals surface area contributed by atoms with Gasteiger partial charge < -0.3 is 10.4 Å². The van der Waals surface area contributed by atoms with Crippen LogP contribution in [0.25, 0.3) is 0 Å². The van der Waals surface area contributed by atoms with Crippen molar-refractivity contribution in [2.24, 2.45) is 11.8 Å². The van der Waals surface area contributed by atoms with Crippen molar-refractivity contribution in [3.63, 3.8) is 0 Å². The fourth-order valence-electron chi connectivity index (χ4n) is 4.05. The van der Waals surface area contributed by atoms with Gasteiger partial charge in [0.15, 0.2) is 0 Å². The third-order valence-corrected chi connectivity index (χ3v) is 5.31. The average molecular weight is 352 g/mol. The van der Waals surface area contributed by atoms with Crippen molar-refractivity contribution in [3.8, 4) is 0 Å². The first-order valence-corrected chi connectivity index (χ1v) is 9.35. The lowest BCUT2D eigenvalue weighted by atomic mass is 9.85. The zero-order valence-corrected chi connectivity index (χ0v) is 15.6. The molecule has 0 aromatic heterocycles. The predicted molar refractivity (Wildman–Crippen MR) is 104 cm³/mol. The van der Waals surface area contributed by atoms with E-state index >= 15 is 0 Å². The Labute approximate surface area is 155 Å². The maximum atomic E-state index is 10.9. The highest BCUT2D eigenvalue weighted by Crippen LogP contribution is 2.24. The number of piperidine rings is 1. The van der Waals surface area contributed by atoms with E-state index in [2.05, 4.69) is 54.4 Å². The molecule has 0 saturated carbocycles. The second-order valence-electron chi connectivity index (χ2n) is 7.54. The molecule has 0 radical (unpaired) electrons. The highest BCUT2D eigenvalue weighted by Gasteiger charge is 2.31. The van der Waals surface area contributed by atoms with Gasteiger partial charge in [0, 0.05) is 32.2 Å². The van der Waals surface area contributed by atoms with Gasteiger partial charge in [-0.05, 0) is 35.1 Å². The largest absolute Gasteiger partial charge is 0.478 e. The molecule has 4 nitrogen and oxygen atoms in total. The molecular weight excluding hydrogens is 324 g/mol. The lowest BCUT2D eigenvalue weighted by Gasteiger charge is -2.42. The maximum absolute atomic E-state index is 10.9. The second-order valence-corrected chi connectivity index (χ2v) is 7.54. The van der Waals surface area contributed by atoms with Crippen LogP contribution in [-0.4, -0.2) is 35.1 Å². The molecule has 3 rings (SSSR count). The van der Waals surface area contributed by atoms with Crippen LogP contribution < -0.4 is 5.32 Å². The highest BCUT2D eigenvalue weighted by atomic mass is 16.4. The summed E-state index contributed by atoms with van der Waals surface area (Å²) < 4.78 is 0. The standard InChI is InChI=1S/C22H28N2O2/c1-16-13-24(15-19-6-4-3-5-7-19)14-17(2)21(16)23-12-18-8-10-20(11-9-18)22(25)26/h3-11,16-17,21,23H,12-15H2,1-2H3,(H,25,26). The highest BCUT2D eigenvalue weighted by molar-refractivity contribution is 5.87. The molecule has 4 heteroatoms. The molecule has 0 aliphatic carbocycles. The zero-order chi connectivity index (χ0) is 18.5. The quantitative estimate of drug-likeness (QED) is 0.833. The average Bonchev–Trinajstić information content (AvgIpc) is 2.62. The van der Waals surface area contributed by atoms with Crippen molar-refractivity contribution >= 4 is 5.97 Å². The molecule has 1 saturated heterocycles. The molecule has 2 aromatic rings. The number of carboxylic acids is 1. The van der Waals surface area contributed by atoms with Crippen LogP contribution in [0.4, 0.5) is 0 Å². The van der Waals surface area contributed by atoms with Crippen LogP contribution in [0, 0.1) is 11.8 Å². The van der Waals surface area contributed by atoms with E-state index in [-0.39, 0.29) is 0 Å². The van der Waals surface area contributed by atoms with Crippen molar-refractivity contribution in [3.05, 3.63) is 71.3 Å². The monoisotopic (exact) mass is 352 g/mol. The van der Waals surface area contributed by atoms with Gasteiger partial charge in [-0.25, -0.2) is 4.79 Å². The van der Waals surface area contributed by atoms with Crippen molar-refractivity contribution in [2.75, 3.05) is 13.1 Å². The number of nitrogens with one attached hydrogen (secondary N) is 1. The molecule has 2 aromatic carbocycles. The van der Waals surface area contributed by atoms with E-state index in [4.69, 9.17) is 5.11 Å². The summed E-state index contributed by atoms with van der Waals surface area (Å²) >= 11 is 0. The van der Waals surface area contributed by atoms with Gasteiger partial charge in [-0.2, -0.15) is 0 Å². The molecule has 1 aliphatic heterocycles. The van der Waals surface area contributed by atoms with Gasteiger partial charge in [-0.3, -0.25) is 4.90 Å². The van der Waals surface area contributed by atoms with E-state index in [9.17, 15) is 4.79 Å². The van der Waals surface area contributed by atoms with Gasteiger partial charge in [0.05, 0.1) is 5.56 Å². The fourth-order valence-corrected chi connectivity index (χ4v) is 4.05. The van der Waals surface area contributed by atoms with Crippen LogP contribution in [-0.2, 0) is 13.1 Å². The summed E-state index contributed by atoms with van der Waals surface area (Å²) in [6.07, 6.45) is 0. The molecule has 1 heterocycles. The number of hydrogen-bond acceptors (Lipinski definition) is 3. The molecule has 2 atom stereocenters. The van der Waals surface area contributed by atoms with Crippen LogP contribution >= 0.6 is 0 Å². The molecular formula is C22H28N2O2. The smallest absolute Gasteiger partial charge is 0.335 e. The van der Waals surface area contributed by atoms with E-state index in [1.54, 1.807) is 12.1 Å². The molecule has 1 aliphatic rings. The number of carboxylic acid groups (broad SMARTS) is 1. The minimum absolute atomic E-state index is 0.338. The van der Waals surface area contributed by atoms with Crippen LogP contribution in [0.2, 0.25) is 0 Å². The summed E-state index contributed by atoms with van der Waals surface area (Å²) in [5.74, 6) is 0.263. The third kappa shape index (κ3) is 4.71. The number of benzene rings is 2. The molecule has 138 valence electrons. The van der Waals surface area contributed by atoms with Gasteiger partial charge >= 0.3 is 5.97 Å². The first-order chi connectivity index (χ1) is 12.5. The van der Waals surface area contributed by atoms with E-state index < -0.39 is 5.97 Å². The van der Waals surface area contributed by atoms with Crippen molar-refractivity contribution in [1.82, 2.24) is 10.2 Å². The van der Waals surface area contributed by atoms with Gasteiger partial charge in [-0.1, -0.05) is 56.3 Å². The number of aromatic carboxylic acids is 1. The normalized spacial score (nSPS) is 23.7. The van der Waals surface area contributed by atoms with Crippen LogP contribution in [0.15, 0.2) is 54.6 Å². The van der Waals surface area contributed by atoms with Gasteiger partial charge in [0.25, 0.3) is 0 Å². The van der Waals surface area contributed by atoms with Crippen LogP contribution in [0.1, 0.15) is 35.3 Å². The van der Waals surface area contributed by atoms with Crippen molar-refractivity contribution < 1.29 is 9.90 Å². The first kappa shape index (κ1) is 18.6. The van der Waals surface area contributed by atoms with Crippen LogP contribution in [0.5, 0.6) is 0 Å². The summed E-state index contributed by atoms with van der Waals surface area (Å²) in [7, 11) is 0. The topological polar surface area (TPSA) is 52.6 Å². The number of nitrogens with zero attached hydrogens (tertiary/aromatic N) is 1. The van der Waals surface area contributed by atoms with E-state index in [0.29, 0.717) is 23.4 Å². The van der Waals surface area contributed by atoms with Crippen molar-refractivity contribution in [1.29, 1.82) is 0 Å². The summed E-state index contributed by atoms with van der Waals surface area (Å²) in [6, 6.07) is 18.3. The summed E-state index contributed by atoms with van der Waals surface area (Å²) in [5.41, 5.74) is 2.84. The summed E-state index contributed by atoms with van der Waals surface area (Å²) in [6.45, 7) is 8.61. The Morgan fingerprint density at radius 2 is 1.62 bits per heavy atom. The Morgan fingerprint density at radius 3 is 2.19 bits per heavy atom. The van der Waals surface area contributed by atoms with Crippen LogP contribution in [0.3, 0.4) is 0 Å². The Morgan fingerprint density at radius 1 is 1.00 bits per heavy atom. The fraction of sp³-hybridized carbons (Fsp3) is 0.409. The molecule has 0 spiro atoms. The zero-order valence-electron chi connectivity index (χ0n) is 15.6. The molecule has 0 bridgehead atoms. The lowest BCUT2D eigenvalue weighted by molar-refractivity contribution is 0.0697. The molecule has 26 heavy (non-hydrogen) atoms. The minimum Gasteiger partial charge on any atom is -0.478 e. The molecule has 0 amide bonds. The Kier molecular flexibility index (Phi) is 6.07. The Hall–Kier alpha value is -2.17. The summed E-state index contributed by atoms with van der Waals surface area (Å²) in [4.78, 5) is 13.5. The first-order valence-electron chi connectivity index (χ1n) is 9.35. The summed E-state index contributed by atoms with van der Waals surface area (Å²) in [5, 5.41) is 12.7. The van der Waals surface area contributed by atoms with Gasteiger partial charge in [0.1, 0.15) is 0 Å². The maximum Gasteiger partial charge on any atom is 0.335 e. The minimum atomic E-state index is -0.877. The molecule has 2 unspecified atom stereocenters. The van der Waals surface area contributed by atoms with Gasteiger partial charge in [-0.15, -0.1) is 0 Å². The van der Waals surface area contributed by atoms with E-state index in [1.807, 2.05) is 12.1 Å². The third-order valence-electron chi connectivity index (χ3n) is 5.31. The van der Waals surface area contributed by atoms with E-state index in [0.717, 1.165) is 31.7 Å². The van der Waals surface area contributed by atoms with E-state index in [1.165, 1.54) is 5.56 Å². The molecule has 1 fully saturated rings.